The molecule has 1 atom stereocenters. The van der Waals surface area contributed by atoms with Crippen molar-refractivity contribution in [3.05, 3.63) is 64.7 Å². The monoisotopic (exact) mass is 366 g/mol. The fraction of sp³-hybridized carbons (Fsp3) is 0.278. The van der Waals surface area contributed by atoms with Crippen LogP contribution in [0, 0.1) is 0 Å². The van der Waals surface area contributed by atoms with Crippen molar-refractivity contribution in [2.75, 3.05) is 12.4 Å². The number of hydrogen-bond donors (Lipinski definition) is 1. The topological polar surface area (TPSA) is 63.6 Å². The van der Waals surface area contributed by atoms with E-state index < -0.39 is 16.8 Å². The van der Waals surface area contributed by atoms with Crippen molar-refractivity contribution in [2.45, 2.75) is 18.6 Å². The summed E-state index contributed by atoms with van der Waals surface area (Å²) >= 11 is 5.80. The highest BCUT2D eigenvalue weighted by molar-refractivity contribution is 7.84. The van der Waals surface area contributed by atoms with Gasteiger partial charge in [0.15, 0.2) is 0 Å². The SMILES string of the molecule is O=C(O)c1cccc(CS(=O)CCCCOc2ccc(Cl)cc2)c1. The Bertz CT molecular complexity index is 700. The third kappa shape index (κ3) is 6.34. The van der Waals surface area contributed by atoms with Gasteiger partial charge >= 0.3 is 5.97 Å². The number of ether oxygens (including phenoxy) is 1. The Labute approximate surface area is 148 Å². The summed E-state index contributed by atoms with van der Waals surface area (Å²) in [4.78, 5) is 10.9. The van der Waals surface area contributed by atoms with E-state index in [4.69, 9.17) is 21.4 Å². The van der Waals surface area contributed by atoms with Gasteiger partial charge in [0.05, 0.1) is 12.2 Å². The molecule has 0 saturated heterocycles. The molecule has 4 nitrogen and oxygen atoms in total. The van der Waals surface area contributed by atoms with Crippen LogP contribution in [0.5, 0.6) is 5.75 Å². The molecule has 1 unspecified atom stereocenters. The van der Waals surface area contributed by atoms with Crippen LogP contribution in [-0.4, -0.2) is 27.6 Å². The second kappa shape index (κ2) is 9.45. The lowest BCUT2D eigenvalue weighted by molar-refractivity contribution is 0.0696. The van der Waals surface area contributed by atoms with Crippen molar-refractivity contribution < 1.29 is 18.8 Å². The second-order valence-corrected chi connectivity index (χ2v) is 7.32. The van der Waals surface area contributed by atoms with Gasteiger partial charge in [-0.1, -0.05) is 23.7 Å². The van der Waals surface area contributed by atoms with Gasteiger partial charge < -0.3 is 9.84 Å². The zero-order valence-electron chi connectivity index (χ0n) is 13.1. The number of aromatic carboxylic acids is 1. The molecule has 0 heterocycles. The zero-order valence-corrected chi connectivity index (χ0v) is 14.7. The summed E-state index contributed by atoms with van der Waals surface area (Å²) in [6, 6.07) is 13.8. The number of carboxylic acids is 1. The van der Waals surface area contributed by atoms with Crippen molar-refractivity contribution in [2.24, 2.45) is 0 Å². The second-order valence-electron chi connectivity index (χ2n) is 5.30. The molecule has 2 aromatic carbocycles. The maximum atomic E-state index is 12.1. The van der Waals surface area contributed by atoms with Crippen LogP contribution in [0.25, 0.3) is 0 Å². The molecule has 2 rings (SSSR count). The van der Waals surface area contributed by atoms with Crippen LogP contribution in [0.1, 0.15) is 28.8 Å². The first-order valence-corrected chi connectivity index (χ1v) is 9.47. The van der Waals surface area contributed by atoms with Crippen molar-refractivity contribution in [1.29, 1.82) is 0 Å². The fourth-order valence-electron chi connectivity index (χ4n) is 2.14. The van der Waals surface area contributed by atoms with E-state index in [1.807, 2.05) is 12.1 Å². The number of unbranched alkanes of at least 4 members (excludes halogenated alkanes) is 1. The van der Waals surface area contributed by atoms with E-state index in [2.05, 4.69) is 0 Å². The molecule has 6 heteroatoms. The van der Waals surface area contributed by atoms with Crippen LogP contribution in [0.15, 0.2) is 48.5 Å². The van der Waals surface area contributed by atoms with E-state index in [9.17, 15) is 9.00 Å². The molecule has 0 saturated carbocycles. The maximum Gasteiger partial charge on any atom is 0.335 e. The van der Waals surface area contributed by atoms with Crippen LogP contribution in [-0.2, 0) is 16.6 Å². The number of hydrogen-bond acceptors (Lipinski definition) is 3. The third-order valence-electron chi connectivity index (χ3n) is 3.35. The van der Waals surface area contributed by atoms with Crippen LogP contribution < -0.4 is 4.74 Å². The molecule has 0 aliphatic carbocycles. The van der Waals surface area contributed by atoms with Crippen molar-refractivity contribution in [3.8, 4) is 5.75 Å². The molecule has 1 N–H and O–H groups in total. The molecular formula is C18H19ClO4S. The number of halogens is 1. The highest BCUT2D eigenvalue weighted by Crippen LogP contribution is 2.16. The number of benzene rings is 2. The zero-order chi connectivity index (χ0) is 17.4. The average molecular weight is 367 g/mol. The largest absolute Gasteiger partial charge is 0.494 e. The molecular weight excluding hydrogens is 348 g/mol. The molecule has 24 heavy (non-hydrogen) atoms. The Morgan fingerprint density at radius 2 is 1.88 bits per heavy atom. The van der Waals surface area contributed by atoms with E-state index in [1.165, 1.54) is 6.07 Å². The summed E-state index contributed by atoms with van der Waals surface area (Å²) in [6.45, 7) is 0.563. The number of rotatable bonds is 9. The van der Waals surface area contributed by atoms with Gasteiger partial charge in [-0.3, -0.25) is 4.21 Å². The Morgan fingerprint density at radius 1 is 1.12 bits per heavy atom. The Morgan fingerprint density at radius 3 is 2.58 bits per heavy atom. The van der Waals surface area contributed by atoms with Crippen molar-refractivity contribution in [1.82, 2.24) is 0 Å². The van der Waals surface area contributed by atoms with E-state index in [0.717, 1.165) is 24.2 Å². The summed E-state index contributed by atoms with van der Waals surface area (Å²) in [7, 11) is -1.01. The first-order chi connectivity index (χ1) is 11.5. The lowest BCUT2D eigenvalue weighted by Gasteiger charge is -2.06. The smallest absolute Gasteiger partial charge is 0.335 e. The summed E-state index contributed by atoms with van der Waals surface area (Å²) < 4.78 is 17.7. The number of carboxylic acid groups (broad SMARTS) is 1. The Balaban J connectivity index is 1.67. The van der Waals surface area contributed by atoms with Crippen LogP contribution in [0.4, 0.5) is 0 Å². The van der Waals surface area contributed by atoms with Gasteiger partial charge in [0.2, 0.25) is 0 Å². The number of carbonyl (C=O) groups is 1. The van der Waals surface area contributed by atoms with Gasteiger partial charge in [-0.25, -0.2) is 4.79 Å². The summed E-state index contributed by atoms with van der Waals surface area (Å²) in [5, 5.41) is 9.63. The normalized spacial score (nSPS) is 11.9. The summed E-state index contributed by atoms with van der Waals surface area (Å²) in [5.41, 5.74) is 1.01. The quantitative estimate of drug-likeness (QED) is 0.677. The molecule has 2 aromatic rings. The minimum absolute atomic E-state index is 0.223. The van der Waals surface area contributed by atoms with Gasteiger partial charge in [0, 0.05) is 27.3 Å². The standard InChI is InChI=1S/C18H19ClO4S/c19-16-6-8-17(9-7-16)23-10-1-2-11-24(22)13-14-4-3-5-15(12-14)18(20)21/h3-9,12H,1-2,10-11,13H2,(H,20,21). The highest BCUT2D eigenvalue weighted by atomic mass is 35.5. The Hall–Kier alpha value is -1.85. The molecule has 0 bridgehead atoms. The predicted octanol–water partition coefficient (Wildman–Crippen LogP) is 4.15. The minimum atomic E-state index is -1.01. The first-order valence-electron chi connectivity index (χ1n) is 7.60. The first kappa shape index (κ1) is 18.5. The van der Waals surface area contributed by atoms with Crippen LogP contribution in [0.2, 0.25) is 5.02 Å². The van der Waals surface area contributed by atoms with Gasteiger partial charge in [-0.05, 0) is 54.8 Å². The fourth-order valence-corrected chi connectivity index (χ4v) is 3.49. The molecule has 0 fully saturated rings. The summed E-state index contributed by atoms with van der Waals surface area (Å²) in [5.74, 6) is 0.744. The van der Waals surface area contributed by atoms with Crippen LogP contribution >= 0.6 is 11.6 Å². The molecule has 0 amide bonds. The minimum Gasteiger partial charge on any atom is -0.494 e. The molecule has 0 aliphatic heterocycles. The molecule has 0 aromatic heterocycles. The van der Waals surface area contributed by atoms with E-state index in [-0.39, 0.29) is 5.56 Å². The van der Waals surface area contributed by atoms with E-state index >= 15 is 0 Å². The molecule has 0 aliphatic rings. The van der Waals surface area contributed by atoms with Gasteiger partial charge in [0.1, 0.15) is 5.75 Å². The maximum absolute atomic E-state index is 12.1. The lowest BCUT2D eigenvalue weighted by atomic mass is 10.1. The predicted molar refractivity (Wildman–Crippen MR) is 96.3 cm³/mol. The Kier molecular flexibility index (Phi) is 7.28. The van der Waals surface area contributed by atoms with Crippen molar-refractivity contribution >= 4 is 28.4 Å². The summed E-state index contributed by atoms with van der Waals surface area (Å²) in [6.07, 6.45) is 1.60. The van der Waals surface area contributed by atoms with Gasteiger partial charge in [-0.15, -0.1) is 0 Å². The van der Waals surface area contributed by atoms with E-state index in [1.54, 1.807) is 30.3 Å². The highest BCUT2D eigenvalue weighted by Gasteiger charge is 2.06. The van der Waals surface area contributed by atoms with Crippen molar-refractivity contribution in [3.63, 3.8) is 0 Å². The average Bonchev–Trinajstić information content (AvgIpc) is 2.56. The molecule has 0 radical (unpaired) electrons. The molecule has 128 valence electrons. The lowest BCUT2D eigenvalue weighted by Crippen LogP contribution is -2.05. The molecule has 0 spiro atoms. The van der Waals surface area contributed by atoms with Gasteiger partial charge in [-0.2, -0.15) is 0 Å². The van der Waals surface area contributed by atoms with Gasteiger partial charge in [0.25, 0.3) is 0 Å². The van der Waals surface area contributed by atoms with E-state index in [0.29, 0.717) is 23.1 Å². The van der Waals surface area contributed by atoms with Crippen LogP contribution in [0.3, 0.4) is 0 Å². The third-order valence-corrected chi connectivity index (χ3v) is 5.00.